The third-order valence-corrected chi connectivity index (χ3v) is 2.08. The van der Waals surface area contributed by atoms with E-state index >= 15 is 0 Å². The molecule has 0 heterocycles. The summed E-state index contributed by atoms with van der Waals surface area (Å²) < 4.78 is 0. The Morgan fingerprint density at radius 1 is 1.50 bits per heavy atom. The number of carbonyl (C=O) groups excluding carboxylic acids is 1. The number of unbranched alkanes of at least 4 members (excludes halogenated alkanes) is 2. The number of nitrogens with one attached hydrogen (secondary N) is 1. The quantitative estimate of drug-likeness (QED) is 0.535. The van der Waals surface area contributed by atoms with Crippen molar-refractivity contribution >= 4 is 21.8 Å². The number of hydrogen-bond acceptors (Lipinski definition) is 2. The van der Waals surface area contributed by atoms with Crippen LogP contribution in [0.15, 0.2) is 0 Å². The molecule has 1 unspecified atom stereocenters. The Labute approximate surface area is 82.2 Å². The van der Waals surface area contributed by atoms with Gasteiger partial charge in [-0.25, -0.2) is 0 Å². The fraction of sp³-hybridized carbons (Fsp3) is 0.875. The molecule has 0 aromatic rings. The van der Waals surface area contributed by atoms with E-state index in [2.05, 4.69) is 21.2 Å². The molecule has 0 aliphatic rings. The van der Waals surface area contributed by atoms with Crippen LogP contribution in [0.1, 0.15) is 26.2 Å². The van der Waals surface area contributed by atoms with Gasteiger partial charge in [0.05, 0.1) is 6.04 Å². The molecule has 0 saturated carbocycles. The topological polar surface area (TPSA) is 55.1 Å². The summed E-state index contributed by atoms with van der Waals surface area (Å²) in [6.45, 7) is 2.43. The van der Waals surface area contributed by atoms with Crippen LogP contribution in [-0.2, 0) is 4.79 Å². The molecule has 1 amide bonds. The van der Waals surface area contributed by atoms with Crippen molar-refractivity contribution in [1.82, 2.24) is 5.32 Å². The smallest absolute Gasteiger partial charge is 0.236 e. The molecule has 1 atom stereocenters. The average Bonchev–Trinajstić information content (AvgIpc) is 2.03. The van der Waals surface area contributed by atoms with Gasteiger partial charge in [-0.05, 0) is 19.8 Å². The van der Waals surface area contributed by atoms with E-state index in [1.807, 2.05) is 0 Å². The Hall–Kier alpha value is -0.0900. The number of alkyl halides is 1. The molecule has 0 aliphatic heterocycles. The summed E-state index contributed by atoms with van der Waals surface area (Å²) in [5.41, 5.74) is 5.36. The second-order valence-corrected chi connectivity index (χ2v) is 3.62. The van der Waals surface area contributed by atoms with Crippen LogP contribution in [0, 0.1) is 0 Å². The fourth-order valence-corrected chi connectivity index (χ4v) is 1.17. The number of amides is 1. The highest BCUT2D eigenvalue weighted by atomic mass is 79.9. The van der Waals surface area contributed by atoms with Gasteiger partial charge in [-0.1, -0.05) is 22.4 Å². The molecule has 0 rings (SSSR count). The molecule has 0 fully saturated rings. The molecule has 0 radical (unpaired) electrons. The lowest BCUT2D eigenvalue weighted by molar-refractivity contribution is -0.121. The molecule has 0 bridgehead atoms. The Kier molecular flexibility index (Phi) is 7.50. The second kappa shape index (κ2) is 7.55. The predicted molar refractivity (Wildman–Crippen MR) is 54.3 cm³/mol. The Balaban J connectivity index is 3.14. The zero-order chi connectivity index (χ0) is 9.40. The van der Waals surface area contributed by atoms with Gasteiger partial charge in [0.1, 0.15) is 0 Å². The second-order valence-electron chi connectivity index (χ2n) is 2.83. The van der Waals surface area contributed by atoms with E-state index in [1.165, 1.54) is 0 Å². The Morgan fingerprint density at radius 3 is 2.67 bits per heavy atom. The molecule has 4 heteroatoms. The molecule has 0 aromatic heterocycles. The van der Waals surface area contributed by atoms with E-state index in [4.69, 9.17) is 5.73 Å². The summed E-state index contributed by atoms with van der Waals surface area (Å²) in [5, 5.41) is 3.80. The third kappa shape index (κ3) is 6.61. The van der Waals surface area contributed by atoms with Crippen LogP contribution in [0.4, 0.5) is 0 Å². The van der Waals surface area contributed by atoms with Gasteiger partial charge in [0.25, 0.3) is 0 Å². The van der Waals surface area contributed by atoms with Crippen molar-refractivity contribution in [2.24, 2.45) is 5.73 Å². The lowest BCUT2D eigenvalue weighted by Gasteiger charge is -2.06. The highest BCUT2D eigenvalue weighted by Crippen LogP contribution is 1.96. The summed E-state index contributed by atoms with van der Waals surface area (Å²) in [4.78, 5) is 10.9. The summed E-state index contributed by atoms with van der Waals surface area (Å²) in [6, 6.07) is -0.388. The molecular weight excluding hydrogens is 220 g/mol. The summed E-state index contributed by atoms with van der Waals surface area (Å²) in [7, 11) is 0. The molecule has 12 heavy (non-hydrogen) atoms. The van der Waals surface area contributed by atoms with Crippen molar-refractivity contribution in [3.63, 3.8) is 0 Å². The molecule has 0 aromatic carbocycles. The first-order valence-corrected chi connectivity index (χ1v) is 5.40. The van der Waals surface area contributed by atoms with Crippen molar-refractivity contribution in [2.75, 3.05) is 11.9 Å². The molecule has 3 nitrogen and oxygen atoms in total. The minimum atomic E-state index is -0.388. The molecule has 3 N–H and O–H groups in total. The highest BCUT2D eigenvalue weighted by Gasteiger charge is 2.04. The first-order valence-electron chi connectivity index (χ1n) is 4.27. The van der Waals surface area contributed by atoms with E-state index in [1.54, 1.807) is 6.92 Å². The lowest BCUT2D eigenvalue weighted by Crippen LogP contribution is -2.38. The Bertz CT molecular complexity index is 128. The van der Waals surface area contributed by atoms with Crippen LogP contribution in [-0.4, -0.2) is 23.8 Å². The van der Waals surface area contributed by atoms with Crippen LogP contribution in [0.25, 0.3) is 0 Å². The van der Waals surface area contributed by atoms with E-state index in [0.29, 0.717) is 0 Å². The maximum Gasteiger partial charge on any atom is 0.236 e. The first-order chi connectivity index (χ1) is 5.68. The summed E-state index contributed by atoms with van der Waals surface area (Å²) >= 11 is 3.35. The van der Waals surface area contributed by atoms with Crippen LogP contribution in [0.5, 0.6) is 0 Å². The van der Waals surface area contributed by atoms with Gasteiger partial charge in [0.15, 0.2) is 0 Å². The summed E-state index contributed by atoms with van der Waals surface area (Å²) in [6.07, 6.45) is 3.34. The fourth-order valence-electron chi connectivity index (χ4n) is 0.769. The van der Waals surface area contributed by atoms with Crippen LogP contribution in [0.3, 0.4) is 0 Å². The minimum absolute atomic E-state index is 0.0613. The number of nitrogens with two attached hydrogens (primary N) is 1. The standard InChI is InChI=1S/C8H17BrN2O/c1-7(10)8(12)11-6-4-2-3-5-9/h7H,2-6,10H2,1H3,(H,11,12). The van der Waals surface area contributed by atoms with Gasteiger partial charge in [-0.3, -0.25) is 4.79 Å². The number of rotatable bonds is 6. The average molecular weight is 237 g/mol. The van der Waals surface area contributed by atoms with Crippen molar-refractivity contribution < 1.29 is 4.79 Å². The normalized spacial score (nSPS) is 12.6. The largest absolute Gasteiger partial charge is 0.355 e. The maximum absolute atomic E-state index is 10.9. The number of hydrogen-bond donors (Lipinski definition) is 2. The van der Waals surface area contributed by atoms with Crippen molar-refractivity contribution in [3.05, 3.63) is 0 Å². The highest BCUT2D eigenvalue weighted by molar-refractivity contribution is 9.09. The minimum Gasteiger partial charge on any atom is -0.355 e. The van der Waals surface area contributed by atoms with Crippen LogP contribution in [0.2, 0.25) is 0 Å². The SMILES string of the molecule is CC(N)C(=O)NCCCCCBr. The number of halogens is 1. The van der Waals surface area contributed by atoms with Gasteiger partial charge in [-0.15, -0.1) is 0 Å². The first kappa shape index (κ1) is 11.9. The zero-order valence-electron chi connectivity index (χ0n) is 7.48. The van der Waals surface area contributed by atoms with Crippen molar-refractivity contribution in [3.8, 4) is 0 Å². The number of carbonyl (C=O) groups is 1. The molecule has 0 spiro atoms. The van der Waals surface area contributed by atoms with Gasteiger partial charge in [-0.2, -0.15) is 0 Å². The molecule has 0 saturated heterocycles. The van der Waals surface area contributed by atoms with E-state index in [0.717, 1.165) is 31.1 Å². The maximum atomic E-state index is 10.9. The third-order valence-electron chi connectivity index (χ3n) is 1.52. The van der Waals surface area contributed by atoms with Gasteiger partial charge < -0.3 is 11.1 Å². The van der Waals surface area contributed by atoms with E-state index < -0.39 is 0 Å². The van der Waals surface area contributed by atoms with Crippen molar-refractivity contribution in [2.45, 2.75) is 32.2 Å². The molecular formula is C8H17BrN2O. The Morgan fingerprint density at radius 2 is 2.17 bits per heavy atom. The zero-order valence-corrected chi connectivity index (χ0v) is 9.06. The molecule has 0 aliphatic carbocycles. The lowest BCUT2D eigenvalue weighted by atomic mass is 10.2. The van der Waals surface area contributed by atoms with Crippen LogP contribution < -0.4 is 11.1 Å². The van der Waals surface area contributed by atoms with E-state index in [9.17, 15) is 4.79 Å². The summed E-state index contributed by atoms with van der Waals surface area (Å²) in [5.74, 6) is -0.0613. The monoisotopic (exact) mass is 236 g/mol. The van der Waals surface area contributed by atoms with Gasteiger partial charge in [0, 0.05) is 11.9 Å². The van der Waals surface area contributed by atoms with Gasteiger partial charge >= 0.3 is 0 Å². The predicted octanol–water partition coefficient (Wildman–Crippen LogP) is 1.01. The van der Waals surface area contributed by atoms with E-state index in [-0.39, 0.29) is 11.9 Å². The molecule has 72 valence electrons. The van der Waals surface area contributed by atoms with Crippen LogP contribution >= 0.6 is 15.9 Å². The van der Waals surface area contributed by atoms with Gasteiger partial charge in [0.2, 0.25) is 5.91 Å². The van der Waals surface area contributed by atoms with Crippen molar-refractivity contribution in [1.29, 1.82) is 0 Å².